The molecule has 1 aliphatic rings. The smallest absolute Gasteiger partial charge is 0.257 e. The van der Waals surface area contributed by atoms with E-state index in [0.717, 1.165) is 13.1 Å². The van der Waals surface area contributed by atoms with Crippen LogP contribution in [-0.4, -0.2) is 67.4 Å². The third-order valence-corrected chi connectivity index (χ3v) is 4.69. The van der Waals surface area contributed by atoms with Crippen molar-refractivity contribution in [2.45, 2.75) is 25.5 Å². The molecule has 3 heterocycles. The van der Waals surface area contributed by atoms with E-state index in [1.54, 1.807) is 41.4 Å². The van der Waals surface area contributed by atoms with Gasteiger partial charge in [-0.25, -0.2) is 0 Å². The van der Waals surface area contributed by atoms with E-state index in [1.165, 1.54) is 5.56 Å². The number of hydrogen-bond acceptors (Lipinski definition) is 5. The number of β-amino-alcohol motifs (C(OH)–C–C–N with tert-alkyl or cyclic N) is 1. The van der Waals surface area contributed by atoms with Gasteiger partial charge in [0, 0.05) is 45.3 Å². The number of hydrogen-bond donors (Lipinski definition) is 1. The molecule has 0 radical (unpaired) electrons. The molecule has 25 heavy (non-hydrogen) atoms. The highest BCUT2D eigenvalue weighted by atomic mass is 16.3. The molecule has 2 aromatic heterocycles. The number of likely N-dealkylation sites (tertiary alicyclic amines) is 1. The van der Waals surface area contributed by atoms with Gasteiger partial charge in [-0.15, -0.1) is 0 Å². The standard InChI is InChI=1S/C18H25N5O2/c1-3-22(11-15-4-7-19-8-5-15)13-18(25)6-9-23(14-18)17(24)16-10-20-21(2)12-16/h4-5,7-8,10,12,25H,3,6,9,11,13-14H2,1-2H3. The van der Waals surface area contributed by atoms with Crippen molar-refractivity contribution in [2.75, 3.05) is 26.2 Å². The minimum atomic E-state index is -0.874. The molecular weight excluding hydrogens is 318 g/mol. The Morgan fingerprint density at radius 1 is 1.40 bits per heavy atom. The lowest BCUT2D eigenvalue weighted by atomic mass is 10.0. The summed E-state index contributed by atoms with van der Waals surface area (Å²) in [4.78, 5) is 20.5. The van der Waals surface area contributed by atoms with E-state index in [4.69, 9.17) is 0 Å². The van der Waals surface area contributed by atoms with Crippen LogP contribution in [0, 0.1) is 0 Å². The first-order valence-corrected chi connectivity index (χ1v) is 8.61. The summed E-state index contributed by atoms with van der Waals surface area (Å²) in [6.07, 6.45) is 7.43. The van der Waals surface area contributed by atoms with E-state index in [9.17, 15) is 9.90 Å². The predicted octanol–water partition coefficient (Wildman–Crippen LogP) is 0.914. The van der Waals surface area contributed by atoms with Gasteiger partial charge in [0.05, 0.1) is 23.9 Å². The Labute approximate surface area is 147 Å². The second-order valence-corrected chi connectivity index (χ2v) is 6.76. The molecule has 0 bridgehead atoms. The molecule has 134 valence electrons. The number of pyridine rings is 1. The van der Waals surface area contributed by atoms with Gasteiger partial charge in [-0.1, -0.05) is 6.92 Å². The number of aryl methyl sites for hydroxylation is 1. The summed E-state index contributed by atoms with van der Waals surface area (Å²) in [5.41, 5.74) is 0.860. The normalized spacial score (nSPS) is 20.4. The molecule has 1 saturated heterocycles. The van der Waals surface area contributed by atoms with Gasteiger partial charge >= 0.3 is 0 Å². The van der Waals surface area contributed by atoms with Gasteiger partial charge in [-0.3, -0.25) is 19.4 Å². The zero-order valence-corrected chi connectivity index (χ0v) is 14.8. The van der Waals surface area contributed by atoms with Crippen molar-refractivity contribution < 1.29 is 9.90 Å². The Morgan fingerprint density at radius 2 is 2.16 bits per heavy atom. The summed E-state index contributed by atoms with van der Waals surface area (Å²) < 4.78 is 1.61. The molecule has 1 aliphatic heterocycles. The number of carbonyl (C=O) groups excluding carboxylic acids is 1. The van der Waals surface area contributed by atoms with Gasteiger partial charge in [0.2, 0.25) is 0 Å². The summed E-state index contributed by atoms with van der Waals surface area (Å²) in [7, 11) is 1.79. The maximum absolute atomic E-state index is 12.5. The first-order chi connectivity index (χ1) is 12.0. The van der Waals surface area contributed by atoms with Gasteiger partial charge in [-0.2, -0.15) is 5.10 Å². The van der Waals surface area contributed by atoms with E-state index < -0.39 is 5.60 Å². The second kappa shape index (κ2) is 7.33. The van der Waals surface area contributed by atoms with Gasteiger partial charge in [0.1, 0.15) is 0 Å². The van der Waals surface area contributed by atoms with Crippen LogP contribution in [0.25, 0.3) is 0 Å². The predicted molar refractivity (Wildman–Crippen MR) is 93.9 cm³/mol. The molecule has 0 spiro atoms. The lowest BCUT2D eigenvalue weighted by Gasteiger charge is -2.30. The average molecular weight is 343 g/mol. The van der Waals surface area contributed by atoms with E-state index in [2.05, 4.69) is 21.9 Å². The molecular formula is C18H25N5O2. The van der Waals surface area contributed by atoms with Crippen molar-refractivity contribution in [2.24, 2.45) is 7.05 Å². The molecule has 3 rings (SSSR count). The third kappa shape index (κ3) is 4.24. The minimum Gasteiger partial charge on any atom is -0.387 e. The van der Waals surface area contributed by atoms with Crippen molar-refractivity contribution in [1.29, 1.82) is 0 Å². The lowest BCUT2D eigenvalue weighted by molar-refractivity contribution is 0.0108. The van der Waals surface area contributed by atoms with Crippen molar-refractivity contribution in [3.63, 3.8) is 0 Å². The highest BCUT2D eigenvalue weighted by molar-refractivity contribution is 5.94. The molecule has 7 nitrogen and oxygen atoms in total. The fraction of sp³-hybridized carbons (Fsp3) is 0.500. The minimum absolute atomic E-state index is 0.0683. The molecule has 2 aromatic rings. The summed E-state index contributed by atoms with van der Waals surface area (Å²) >= 11 is 0. The summed E-state index contributed by atoms with van der Waals surface area (Å²) in [5, 5.41) is 15.0. The fourth-order valence-corrected chi connectivity index (χ4v) is 3.32. The van der Waals surface area contributed by atoms with E-state index in [0.29, 0.717) is 31.6 Å². The topological polar surface area (TPSA) is 74.5 Å². The van der Waals surface area contributed by atoms with Crippen molar-refractivity contribution in [1.82, 2.24) is 24.6 Å². The summed E-state index contributed by atoms with van der Waals surface area (Å²) in [6.45, 7) is 5.14. The number of aromatic nitrogens is 3. The SMILES string of the molecule is CCN(Cc1ccncc1)CC1(O)CCN(C(=O)c2cnn(C)c2)C1. The molecule has 1 atom stereocenters. The Balaban J connectivity index is 1.61. The van der Waals surface area contributed by atoms with Crippen LogP contribution in [0.5, 0.6) is 0 Å². The van der Waals surface area contributed by atoms with E-state index in [1.807, 2.05) is 12.1 Å². The number of likely N-dealkylation sites (N-methyl/N-ethyl adjacent to an activating group) is 1. The molecule has 1 fully saturated rings. The van der Waals surface area contributed by atoms with Crippen LogP contribution in [-0.2, 0) is 13.6 Å². The maximum Gasteiger partial charge on any atom is 0.257 e. The number of carbonyl (C=O) groups is 1. The Hall–Kier alpha value is -2.25. The Morgan fingerprint density at radius 3 is 2.80 bits per heavy atom. The highest BCUT2D eigenvalue weighted by Gasteiger charge is 2.39. The van der Waals surface area contributed by atoms with Crippen LogP contribution < -0.4 is 0 Å². The Kier molecular flexibility index (Phi) is 5.15. The quantitative estimate of drug-likeness (QED) is 0.844. The number of aliphatic hydroxyl groups is 1. The molecule has 0 saturated carbocycles. The number of rotatable bonds is 6. The van der Waals surface area contributed by atoms with Crippen LogP contribution in [0.1, 0.15) is 29.3 Å². The fourth-order valence-electron chi connectivity index (χ4n) is 3.32. The zero-order chi connectivity index (χ0) is 17.9. The van der Waals surface area contributed by atoms with Crippen LogP contribution in [0.15, 0.2) is 36.9 Å². The van der Waals surface area contributed by atoms with Gasteiger partial charge in [0.25, 0.3) is 5.91 Å². The van der Waals surface area contributed by atoms with Gasteiger partial charge in [-0.05, 0) is 30.7 Å². The first kappa shape index (κ1) is 17.6. The van der Waals surface area contributed by atoms with Gasteiger partial charge in [0.15, 0.2) is 0 Å². The third-order valence-electron chi connectivity index (χ3n) is 4.69. The second-order valence-electron chi connectivity index (χ2n) is 6.76. The molecule has 0 aromatic carbocycles. The largest absolute Gasteiger partial charge is 0.387 e. The van der Waals surface area contributed by atoms with Crippen LogP contribution >= 0.6 is 0 Å². The highest BCUT2D eigenvalue weighted by Crippen LogP contribution is 2.24. The monoisotopic (exact) mass is 343 g/mol. The van der Waals surface area contributed by atoms with Crippen molar-refractivity contribution in [3.05, 3.63) is 48.0 Å². The first-order valence-electron chi connectivity index (χ1n) is 8.61. The number of amides is 1. The van der Waals surface area contributed by atoms with Crippen LogP contribution in [0.3, 0.4) is 0 Å². The molecule has 1 unspecified atom stereocenters. The van der Waals surface area contributed by atoms with E-state index >= 15 is 0 Å². The summed E-state index contributed by atoms with van der Waals surface area (Å²) in [5.74, 6) is -0.0683. The van der Waals surface area contributed by atoms with E-state index in [-0.39, 0.29) is 5.91 Å². The number of nitrogens with zero attached hydrogens (tertiary/aromatic N) is 5. The average Bonchev–Trinajstić information content (AvgIpc) is 3.21. The molecule has 1 N–H and O–H groups in total. The Bertz CT molecular complexity index is 717. The maximum atomic E-state index is 12.5. The van der Waals surface area contributed by atoms with Gasteiger partial charge < -0.3 is 10.0 Å². The van der Waals surface area contributed by atoms with Crippen molar-refractivity contribution in [3.8, 4) is 0 Å². The lowest BCUT2D eigenvalue weighted by Crippen LogP contribution is -2.45. The van der Waals surface area contributed by atoms with Crippen LogP contribution in [0.2, 0.25) is 0 Å². The molecule has 7 heteroatoms. The van der Waals surface area contributed by atoms with Crippen molar-refractivity contribution >= 4 is 5.91 Å². The zero-order valence-electron chi connectivity index (χ0n) is 14.8. The van der Waals surface area contributed by atoms with Crippen LogP contribution in [0.4, 0.5) is 0 Å². The molecule has 0 aliphatic carbocycles. The molecule has 1 amide bonds. The summed E-state index contributed by atoms with van der Waals surface area (Å²) in [6, 6.07) is 3.97.